The Labute approximate surface area is 159 Å². The molecule has 140 valence electrons. The van der Waals surface area contributed by atoms with Gasteiger partial charge in [-0.2, -0.15) is 0 Å². The van der Waals surface area contributed by atoms with Crippen LogP contribution in [0.2, 0.25) is 0 Å². The second kappa shape index (κ2) is 8.62. The summed E-state index contributed by atoms with van der Waals surface area (Å²) in [6.07, 6.45) is 9.42. The van der Waals surface area contributed by atoms with E-state index < -0.39 is 0 Å². The molecule has 1 saturated carbocycles. The molecule has 5 nitrogen and oxygen atoms in total. The Bertz CT molecular complexity index is 725. The summed E-state index contributed by atoms with van der Waals surface area (Å²) in [5.74, 6) is 0. The lowest BCUT2D eigenvalue weighted by Crippen LogP contribution is -2.47. The van der Waals surface area contributed by atoms with Crippen molar-refractivity contribution in [3.8, 4) is 0 Å². The van der Waals surface area contributed by atoms with Crippen LogP contribution in [0.5, 0.6) is 0 Å². The van der Waals surface area contributed by atoms with Crippen LogP contribution in [0.25, 0.3) is 0 Å². The molecule has 1 fully saturated rings. The maximum atomic E-state index is 13.1. The molecule has 1 aliphatic rings. The van der Waals surface area contributed by atoms with Crippen LogP contribution < -0.4 is 5.32 Å². The van der Waals surface area contributed by atoms with Gasteiger partial charge in [-0.1, -0.05) is 19.3 Å². The first-order valence-corrected chi connectivity index (χ1v) is 10.3. The molecule has 2 aromatic heterocycles. The molecular weight excluding hydrogens is 344 g/mol. The zero-order valence-corrected chi connectivity index (χ0v) is 16.7. The molecule has 1 aliphatic carbocycles. The van der Waals surface area contributed by atoms with E-state index in [2.05, 4.69) is 22.2 Å². The fourth-order valence-corrected chi connectivity index (χ4v) is 4.64. The van der Waals surface area contributed by atoms with Gasteiger partial charge in [-0.25, -0.2) is 9.78 Å². The molecule has 6 heteroatoms. The number of hydrogen-bond donors (Lipinski definition) is 1. The largest absolute Gasteiger partial charge is 0.330 e. The zero-order valence-electron chi connectivity index (χ0n) is 15.9. The highest BCUT2D eigenvalue weighted by molar-refractivity contribution is 7.11. The Morgan fingerprint density at radius 3 is 2.58 bits per heavy atom. The van der Waals surface area contributed by atoms with Crippen molar-refractivity contribution in [1.82, 2.24) is 20.2 Å². The number of urea groups is 1. The van der Waals surface area contributed by atoms with Crippen LogP contribution in [-0.4, -0.2) is 26.9 Å². The summed E-state index contributed by atoms with van der Waals surface area (Å²) in [7, 11) is 0. The Hall–Kier alpha value is -1.95. The Morgan fingerprint density at radius 1 is 1.27 bits per heavy atom. The maximum absolute atomic E-state index is 13.1. The molecule has 0 bridgehead atoms. The molecule has 0 radical (unpaired) electrons. The first-order valence-electron chi connectivity index (χ1n) is 9.44. The minimum atomic E-state index is -0.0871. The lowest BCUT2D eigenvalue weighted by molar-refractivity contribution is 0.148. The normalized spacial score (nSPS) is 16.3. The van der Waals surface area contributed by atoms with Gasteiger partial charge in [0.05, 0.1) is 16.7 Å². The van der Waals surface area contributed by atoms with E-state index in [1.54, 1.807) is 23.7 Å². The van der Waals surface area contributed by atoms with Gasteiger partial charge >= 0.3 is 6.03 Å². The smallest absolute Gasteiger partial charge is 0.318 e. The van der Waals surface area contributed by atoms with Crippen molar-refractivity contribution in [2.75, 3.05) is 0 Å². The molecule has 0 aromatic carbocycles. The van der Waals surface area contributed by atoms with Gasteiger partial charge in [0.15, 0.2) is 0 Å². The van der Waals surface area contributed by atoms with Gasteiger partial charge in [0.25, 0.3) is 0 Å². The molecule has 0 saturated heterocycles. The Morgan fingerprint density at radius 2 is 1.96 bits per heavy atom. The van der Waals surface area contributed by atoms with Crippen molar-refractivity contribution in [2.45, 2.75) is 71.5 Å². The lowest BCUT2D eigenvalue weighted by Gasteiger charge is -2.35. The molecule has 0 unspecified atom stereocenters. The molecule has 26 heavy (non-hydrogen) atoms. The summed E-state index contributed by atoms with van der Waals surface area (Å²) < 4.78 is 0. The Kier molecular flexibility index (Phi) is 6.25. The van der Waals surface area contributed by atoms with E-state index in [0.717, 1.165) is 29.1 Å². The van der Waals surface area contributed by atoms with E-state index in [1.165, 1.54) is 24.1 Å². The minimum absolute atomic E-state index is 0.00580. The van der Waals surface area contributed by atoms with Gasteiger partial charge in [0, 0.05) is 29.9 Å². The molecule has 0 spiro atoms. The molecular formula is C20H28N4OS. The van der Waals surface area contributed by atoms with E-state index in [4.69, 9.17) is 0 Å². The molecule has 0 aliphatic heterocycles. The number of hydrogen-bond acceptors (Lipinski definition) is 4. The van der Waals surface area contributed by atoms with E-state index >= 15 is 0 Å². The van der Waals surface area contributed by atoms with Gasteiger partial charge in [-0.3, -0.25) is 4.98 Å². The van der Waals surface area contributed by atoms with Crippen LogP contribution in [-0.2, 0) is 6.54 Å². The predicted octanol–water partition coefficient (Wildman–Crippen LogP) is 4.76. The van der Waals surface area contributed by atoms with Crippen molar-refractivity contribution in [1.29, 1.82) is 0 Å². The highest BCUT2D eigenvalue weighted by Gasteiger charge is 2.27. The second-order valence-electron chi connectivity index (χ2n) is 7.12. The maximum Gasteiger partial charge on any atom is 0.318 e. The monoisotopic (exact) mass is 372 g/mol. The van der Waals surface area contributed by atoms with Crippen LogP contribution in [0.4, 0.5) is 4.79 Å². The van der Waals surface area contributed by atoms with Crippen molar-refractivity contribution in [3.05, 3.63) is 45.7 Å². The highest BCUT2D eigenvalue weighted by Crippen LogP contribution is 2.26. The zero-order chi connectivity index (χ0) is 18.5. The summed E-state index contributed by atoms with van der Waals surface area (Å²) in [5.41, 5.74) is 2.10. The fraction of sp³-hybridized carbons (Fsp3) is 0.550. The average molecular weight is 373 g/mol. The summed E-state index contributed by atoms with van der Waals surface area (Å²) >= 11 is 1.68. The number of carbonyl (C=O) groups is 1. The third kappa shape index (κ3) is 4.61. The van der Waals surface area contributed by atoms with Gasteiger partial charge in [-0.05, 0) is 51.3 Å². The van der Waals surface area contributed by atoms with Gasteiger partial charge < -0.3 is 10.2 Å². The third-order valence-electron chi connectivity index (χ3n) is 5.07. The minimum Gasteiger partial charge on any atom is -0.330 e. The van der Waals surface area contributed by atoms with Crippen molar-refractivity contribution >= 4 is 17.4 Å². The van der Waals surface area contributed by atoms with Gasteiger partial charge in [0.2, 0.25) is 0 Å². The first-order chi connectivity index (χ1) is 12.5. The van der Waals surface area contributed by atoms with Crippen LogP contribution in [0, 0.1) is 13.8 Å². The number of thiazole rings is 1. The molecule has 2 aromatic rings. The number of nitrogens with zero attached hydrogens (tertiary/aromatic N) is 3. The number of amides is 2. The van der Waals surface area contributed by atoms with Crippen LogP contribution in [0.3, 0.4) is 0 Å². The Balaban J connectivity index is 1.74. The molecule has 1 atom stereocenters. The van der Waals surface area contributed by atoms with Gasteiger partial charge in [0.1, 0.15) is 0 Å². The van der Waals surface area contributed by atoms with E-state index in [-0.39, 0.29) is 12.1 Å². The van der Waals surface area contributed by atoms with Gasteiger partial charge in [-0.15, -0.1) is 11.3 Å². The lowest BCUT2D eigenvalue weighted by atomic mass is 9.94. The van der Waals surface area contributed by atoms with Crippen molar-refractivity contribution in [3.63, 3.8) is 0 Å². The SMILES string of the molecule is Cc1nc([C@@H](C)NC(=O)N(Cc2ccncc2)C2CCCCC2)c(C)s1. The molecule has 3 rings (SSSR count). The standard InChI is InChI=1S/C20H28N4OS/c1-14(19-15(2)26-16(3)23-19)22-20(25)24(18-7-5-4-6-8-18)13-17-9-11-21-12-10-17/h9-12,14,18H,4-8,13H2,1-3H3,(H,22,25)/t14-/m1/s1. The number of nitrogens with one attached hydrogen (secondary N) is 1. The summed E-state index contributed by atoms with van der Waals surface area (Å²) in [6, 6.07) is 4.20. The predicted molar refractivity (Wildman–Crippen MR) is 105 cm³/mol. The number of aryl methyl sites for hydroxylation is 2. The van der Waals surface area contributed by atoms with E-state index in [9.17, 15) is 4.79 Å². The third-order valence-corrected chi connectivity index (χ3v) is 5.97. The van der Waals surface area contributed by atoms with Crippen molar-refractivity contribution in [2.24, 2.45) is 0 Å². The number of aromatic nitrogens is 2. The second-order valence-corrected chi connectivity index (χ2v) is 8.53. The number of carbonyl (C=O) groups excluding carboxylic acids is 1. The van der Waals surface area contributed by atoms with E-state index in [1.807, 2.05) is 30.9 Å². The van der Waals surface area contributed by atoms with Crippen LogP contribution >= 0.6 is 11.3 Å². The van der Waals surface area contributed by atoms with Crippen LogP contribution in [0.15, 0.2) is 24.5 Å². The molecule has 2 heterocycles. The number of pyridine rings is 1. The quantitative estimate of drug-likeness (QED) is 0.823. The molecule has 1 N–H and O–H groups in total. The topological polar surface area (TPSA) is 58.1 Å². The van der Waals surface area contributed by atoms with Crippen molar-refractivity contribution < 1.29 is 4.79 Å². The summed E-state index contributed by atoms with van der Waals surface area (Å²) in [6.45, 7) is 6.72. The fourth-order valence-electron chi connectivity index (χ4n) is 3.73. The first kappa shape index (κ1) is 18.8. The highest BCUT2D eigenvalue weighted by atomic mass is 32.1. The molecule has 2 amide bonds. The average Bonchev–Trinajstić information content (AvgIpc) is 2.99. The summed E-state index contributed by atoms with van der Waals surface area (Å²) in [4.78, 5) is 25.0. The van der Waals surface area contributed by atoms with Crippen LogP contribution in [0.1, 0.15) is 66.2 Å². The van der Waals surface area contributed by atoms with E-state index in [0.29, 0.717) is 12.6 Å². The number of rotatable bonds is 5. The summed E-state index contributed by atoms with van der Waals surface area (Å²) in [5, 5.41) is 4.22.